The van der Waals surface area contributed by atoms with E-state index in [1.807, 2.05) is 67.6 Å². The van der Waals surface area contributed by atoms with Crippen molar-refractivity contribution in [2.75, 3.05) is 6.54 Å². The van der Waals surface area contributed by atoms with Gasteiger partial charge in [0.1, 0.15) is 0 Å². The first-order chi connectivity index (χ1) is 17.7. The van der Waals surface area contributed by atoms with Crippen LogP contribution in [0.1, 0.15) is 28.3 Å². The predicted molar refractivity (Wildman–Crippen MR) is 148 cm³/mol. The molecule has 0 heterocycles. The molecule has 1 amide bonds. The Bertz CT molecular complexity index is 1420. The Hall–Kier alpha value is -3.16. The zero-order valence-corrected chi connectivity index (χ0v) is 22.5. The van der Waals surface area contributed by atoms with E-state index in [-0.39, 0.29) is 18.0 Å². The van der Waals surface area contributed by atoms with E-state index in [0.717, 1.165) is 21.0 Å². The number of sulfonamides is 1. The van der Waals surface area contributed by atoms with E-state index in [2.05, 4.69) is 5.32 Å². The van der Waals surface area contributed by atoms with E-state index in [1.165, 1.54) is 0 Å². The number of carbonyl (C=O) groups excluding carboxylic acids is 1. The van der Waals surface area contributed by atoms with Gasteiger partial charge in [-0.05, 0) is 47.9 Å². The standard InChI is InChI=1S/C29H26Cl2N2O3S/c1-21-12-15-25(16-13-21)37(35,36)33(19-22-14-17-26(30)27(31)18-22)20-28(34)32-29(23-8-4-2-5-9-23)24-10-6-3-7-11-24/h2-18,29H,19-20H2,1H3,(H,32,34). The lowest BCUT2D eigenvalue weighted by atomic mass is 9.99. The number of aryl methyl sites for hydroxylation is 1. The van der Waals surface area contributed by atoms with Gasteiger partial charge in [-0.3, -0.25) is 4.79 Å². The molecule has 0 saturated carbocycles. The number of nitrogens with zero attached hydrogens (tertiary/aromatic N) is 1. The molecule has 0 saturated heterocycles. The smallest absolute Gasteiger partial charge is 0.243 e. The van der Waals surface area contributed by atoms with E-state index in [9.17, 15) is 13.2 Å². The monoisotopic (exact) mass is 552 g/mol. The summed E-state index contributed by atoms with van der Waals surface area (Å²) in [6.07, 6.45) is 0. The zero-order chi connectivity index (χ0) is 26.4. The van der Waals surface area contributed by atoms with Crippen molar-refractivity contribution in [1.29, 1.82) is 0 Å². The maximum Gasteiger partial charge on any atom is 0.243 e. The van der Waals surface area contributed by atoms with Crippen molar-refractivity contribution in [3.05, 3.63) is 135 Å². The van der Waals surface area contributed by atoms with Gasteiger partial charge in [-0.15, -0.1) is 0 Å². The summed E-state index contributed by atoms with van der Waals surface area (Å²) in [5, 5.41) is 3.70. The minimum absolute atomic E-state index is 0.0537. The second-order valence-electron chi connectivity index (χ2n) is 8.66. The van der Waals surface area contributed by atoms with Gasteiger partial charge in [-0.25, -0.2) is 8.42 Å². The maximum absolute atomic E-state index is 13.6. The maximum atomic E-state index is 13.6. The largest absolute Gasteiger partial charge is 0.344 e. The molecule has 0 bridgehead atoms. The highest BCUT2D eigenvalue weighted by Crippen LogP contribution is 2.26. The quantitative estimate of drug-likeness (QED) is 0.261. The fourth-order valence-corrected chi connectivity index (χ4v) is 5.65. The molecule has 1 N–H and O–H groups in total. The van der Waals surface area contributed by atoms with Crippen molar-refractivity contribution in [2.45, 2.75) is 24.4 Å². The van der Waals surface area contributed by atoms with Crippen molar-refractivity contribution in [3.8, 4) is 0 Å². The van der Waals surface area contributed by atoms with Gasteiger partial charge in [-0.1, -0.05) is 108 Å². The van der Waals surface area contributed by atoms with Gasteiger partial charge in [0.25, 0.3) is 0 Å². The first kappa shape index (κ1) is 26.9. The number of nitrogens with one attached hydrogen (secondary N) is 1. The van der Waals surface area contributed by atoms with Gasteiger partial charge < -0.3 is 5.32 Å². The van der Waals surface area contributed by atoms with Crippen molar-refractivity contribution in [3.63, 3.8) is 0 Å². The second-order valence-corrected chi connectivity index (χ2v) is 11.4. The van der Waals surface area contributed by atoms with Crippen LogP contribution in [0.3, 0.4) is 0 Å². The van der Waals surface area contributed by atoms with Crippen LogP contribution in [0.5, 0.6) is 0 Å². The van der Waals surface area contributed by atoms with Crippen LogP contribution in [0.4, 0.5) is 0 Å². The van der Waals surface area contributed by atoms with Crippen LogP contribution in [0.2, 0.25) is 10.0 Å². The highest BCUT2D eigenvalue weighted by atomic mass is 35.5. The molecule has 190 valence electrons. The average Bonchev–Trinajstić information content (AvgIpc) is 2.90. The summed E-state index contributed by atoms with van der Waals surface area (Å²) >= 11 is 12.2. The Morgan fingerprint density at radius 3 is 1.92 bits per heavy atom. The van der Waals surface area contributed by atoms with Crippen LogP contribution >= 0.6 is 23.2 Å². The lowest BCUT2D eigenvalue weighted by Gasteiger charge is -2.25. The van der Waals surface area contributed by atoms with E-state index in [1.54, 1.807) is 42.5 Å². The molecule has 4 aromatic carbocycles. The van der Waals surface area contributed by atoms with Gasteiger partial charge in [-0.2, -0.15) is 4.31 Å². The van der Waals surface area contributed by atoms with Crippen molar-refractivity contribution < 1.29 is 13.2 Å². The zero-order valence-electron chi connectivity index (χ0n) is 20.1. The van der Waals surface area contributed by atoms with Gasteiger partial charge in [0.2, 0.25) is 15.9 Å². The SMILES string of the molecule is Cc1ccc(S(=O)(=O)N(CC(=O)NC(c2ccccc2)c2ccccc2)Cc2ccc(Cl)c(Cl)c2)cc1. The Labute approximate surface area is 227 Å². The Balaban J connectivity index is 1.65. The number of carbonyl (C=O) groups is 1. The number of halogens is 2. The van der Waals surface area contributed by atoms with Gasteiger partial charge >= 0.3 is 0 Å². The van der Waals surface area contributed by atoms with Crippen LogP contribution in [-0.2, 0) is 21.4 Å². The van der Waals surface area contributed by atoms with Crippen molar-refractivity contribution >= 4 is 39.1 Å². The molecule has 0 spiro atoms. The first-order valence-corrected chi connectivity index (χ1v) is 13.8. The van der Waals surface area contributed by atoms with Crippen molar-refractivity contribution in [1.82, 2.24) is 9.62 Å². The number of hydrogen-bond donors (Lipinski definition) is 1. The van der Waals surface area contributed by atoms with E-state index >= 15 is 0 Å². The molecule has 0 aliphatic carbocycles. The van der Waals surface area contributed by atoms with Crippen LogP contribution < -0.4 is 5.32 Å². The number of hydrogen-bond acceptors (Lipinski definition) is 3. The van der Waals surface area contributed by atoms with Crippen LogP contribution in [0.25, 0.3) is 0 Å². The van der Waals surface area contributed by atoms with Crippen molar-refractivity contribution in [2.24, 2.45) is 0 Å². The molecule has 8 heteroatoms. The molecule has 0 radical (unpaired) electrons. The summed E-state index contributed by atoms with van der Waals surface area (Å²) in [6.45, 7) is 1.44. The van der Waals surface area contributed by atoms with Gasteiger partial charge in [0.05, 0.1) is 27.5 Å². The number of benzene rings is 4. The second kappa shape index (κ2) is 11.9. The third-order valence-corrected chi connectivity index (χ3v) is 8.44. The van der Waals surface area contributed by atoms with Gasteiger partial charge in [0.15, 0.2) is 0 Å². The lowest BCUT2D eigenvalue weighted by molar-refractivity contribution is -0.121. The normalized spacial score (nSPS) is 11.6. The average molecular weight is 554 g/mol. The summed E-state index contributed by atoms with van der Waals surface area (Å²) < 4.78 is 28.4. The molecule has 0 aromatic heterocycles. The topological polar surface area (TPSA) is 66.5 Å². The summed E-state index contributed by atoms with van der Waals surface area (Å²) in [6, 6.07) is 30.1. The highest BCUT2D eigenvalue weighted by molar-refractivity contribution is 7.89. The third-order valence-electron chi connectivity index (χ3n) is 5.89. The molecule has 0 atom stereocenters. The fraction of sp³-hybridized carbons (Fsp3) is 0.138. The molecular formula is C29H26Cl2N2O3S. The summed E-state index contributed by atoms with van der Waals surface area (Å²) in [5.41, 5.74) is 3.32. The first-order valence-electron chi connectivity index (χ1n) is 11.6. The molecule has 0 aliphatic heterocycles. The van der Waals surface area contributed by atoms with E-state index in [4.69, 9.17) is 23.2 Å². The highest BCUT2D eigenvalue weighted by Gasteiger charge is 2.28. The number of amides is 1. The number of rotatable bonds is 9. The molecule has 4 rings (SSSR count). The molecule has 4 aromatic rings. The van der Waals surface area contributed by atoms with Crippen LogP contribution in [-0.4, -0.2) is 25.2 Å². The molecule has 37 heavy (non-hydrogen) atoms. The molecule has 5 nitrogen and oxygen atoms in total. The Kier molecular flexibility index (Phi) is 8.67. The minimum atomic E-state index is -4.00. The molecular weight excluding hydrogens is 527 g/mol. The van der Waals surface area contributed by atoms with E-state index < -0.39 is 22.0 Å². The van der Waals surface area contributed by atoms with E-state index in [0.29, 0.717) is 15.6 Å². The minimum Gasteiger partial charge on any atom is -0.344 e. The summed E-state index contributed by atoms with van der Waals surface area (Å²) in [7, 11) is -4.00. The Morgan fingerprint density at radius 2 is 1.38 bits per heavy atom. The lowest BCUT2D eigenvalue weighted by Crippen LogP contribution is -2.41. The summed E-state index contributed by atoms with van der Waals surface area (Å²) in [4.78, 5) is 13.5. The Morgan fingerprint density at radius 1 is 0.811 bits per heavy atom. The third kappa shape index (κ3) is 6.79. The fourth-order valence-electron chi connectivity index (χ4n) is 3.94. The molecule has 0 fully saturated rings. The molecule has 0 unspecified atom stereocenters. The van der Waals surface area contributed by atoms with Crippen LogP contribution in [0.15, 0.2) is 108 Å². The van der Waals surface area contributed by atoms with Crippen LogP contribution in [0, 0.1) is 6.92 Å². The summed E-state index contributed by atoms with van der Waals surface area (Å²) in [5.74, 6) is -0.437. The predicted octanol–water partition coefficient (Wildman–Crippen LogP) is 6.40. The van der Waals surface area contributed by atoms with Gasteiger partial charge in [0, 0.05) is 6.54 Å². The molecule has 0 aliphatic rings.